The molecular formula is C15H14N2O2. The Balaban J connectivity index is 2.18. The van der Waals surface area contributed by atoms with E-state index in [0.29, 0.717) is 5.82 Å². The van der Waals surface area contributed by atoms with Gasteiger partial charge in [0.25, 0.3) is 5.56 Å². The van der Waals surface area contributed by atoms with E-state index in [4.69, 9.17) is 4.42 Å². The molecule has 0 saturated carbocycles. The Kier molecular flexibility index (Phi) is 2.91. The van der Waals surface area contributed by atoms with Crippen LogP contribution in [0.25, 0.3) is 22.4 Å². The molecule has 4 nitrogen and oxygen atoms in total. The second-order valence-corrected chi connectivity index (χ2v) is 4.48. The summed E-state index contributed by atoms with van der Waals surface area (Å²) in [5, 5.41) is 0.958. The monoisotopic (exact) mass is 254 g/mol. The molecule has 19 heavy (non-hydrogen) atoms. The van der Waals surface area contributed by atoms with Gasteiger partial charge in [-0.3, -0.25) is 4.79 Å². The number of H-pyrrole nitrogens is 1. The first-order chi connectivity index (χ1) is 9.28. The Labute approximate surface area is 110 Å². The van der Waals surface area contributed by atoms with Crippen LogP contribution in [0.15, 0.2) is 45.8 Å². The first kappa shape index (κ1) is 11.7. The molecular weight excluding hydrogens is 240 g/mol. The number of benzene rings is 1. The molecule has 3 rings (SSSR count). The fourth-order valence-corrected chi connectivity index (χ4v) is 2.18. The molecule has 2 aromatic heterocycles. The summed E-state index contributed by atoms with van der Waals surface area (Å²) in [7, 11) is 0. The fourth-order valence-electron chi connectivity index (χ4n) is 2.18. The molecule has 0 unspecified atom stereocenters. The van der Waals surface area contributed by atoms with Gasteiger partial charge in [0.2, 0.25) is 0 Å². The number of furan rings is 1. The number of nitrogens with zero attached hydrogens (tertiary/aromatic N) is 1. The summed E-state index contributed by atoms with van der Waals surface area (Å²) in [5.41, 5.74) is 2.30. The van der Waals surface area contributed by atoms with E-state index in [9.17, 15) is 4.79 Å². The zero-order chi connectivity index (χ0) is 13.2. The van der Waals surface area contributed by atoms with Gasteiger partial charge < -0.3 is 9.40 Å². The third-order valence-corrected chi connectivity index (χ3v) is 3.04. The molecule has 0 amide bonds. The Morgan fingerprint density at radius 3 is 3.00 bits per heavy atom. The van der Waals surface area contributed by atoms with Crippen LogP contribution in [0.4, 0.5) is 0 Å². The van der Waals surface area contributed by atoms with E-state index in [1.165, 1.54) is 0 Å². The molecule has 0 spiro atoms. The normalized spacial score (nSPS) is 11.0. The number of nitrogens with one attached hydrogen (secondary N) is 1. The number of para-hydroxylation sites is 1. The molecule has 4 heteroatoms. The lowest BCUT2D eigenvalue weighted by Crippen LogP contribution is -2.10. The van der Waals surface area contributed by atoms with Crippen molar-refractivity contribution in [2.45, 2.75) is 19.8 Å². The summed E-state index contributed by atoms with van der Waals surface area (Å²) < 4.78 is 5.48. The van der Waals surface area contributed by atoms with Crippen LogP contribution in [0.5, 0.6) is 0 Å². The smallest absolute Gasteiger partial charge is 0.251 e. The minimum Gasteiger partial charge on any atom is -0.464 e. The number of hydrogen-bond acceptors (Lipinski definition) is 3. The van der Waals surface area contributed by atoms with Gasteiger partial charge in [0.05, 0.1) is 5.56 Å². The number of fused-ring (bicyclic) bond motifs is 1. The van der Waals surface area contributed by atoms with Gasteiger partial charge in [0.15, 0.2) is 0 Å². The largest absolute Gasteiger partial charge is 0.464 e. The quantitative estimate of drug-likeness (QED) is 0.781. The van der Waals surface area contributed by atoms with Crippen molar-refractivity contribution in [3.05, 3.63) is 52.6 Å². The Hall–Kier alpha value is -2.36. The van der Waals surface area contributed by atoms with Gasteiger partial charge >= 0.3 is 0 Å². The van der Waals surface area contributed by atoms with Crippen molar-refractivity contribution in [1.29, 1.82) is 0 Å². The van der Waals surface area contributed by atoms with Crippen molar-refractivity contribution in [2.24, 2.45) is 0 Å². The Morgan fingerprint density at radius 2 is 2.16 bits per heavy atom. The maximum Gasteiger partial charge on any atom is 0.251 e. The molecule has 0 bridgehead atoms. The lowest BCUT2D eigenvalue weighted by atomic mass is 10.1. The number of rotatable bonds is 3. The predicted molar refractivity (Wildman–Crippen MR) is 74.1 cm³/mol. The van der Waals surface area contributed by atoms with E-state index >= 15 is 0 Å². The topological polar surface area (TPSA) is 58.9 Å². The highest BCUT2D eigenvalue weighted by Gasteiger charge is 2.10. The third kappa shape index (κ3) is 2.17. The summed E-state index contributed by atoms with van der Waals surface area (Å²) >= 11 is 0. The molecule has 1 N–H and O–H groups in total. The number of aromatic nitrogens is 2. The first-order valence-electron chi connectivity index (χ1n) is 6.35. The van der Waals surface area contributed by atoms with Gasteiger partial charge in [-0.25, -0.2) is 4.98 Å². The molecule has 0 fully saturated rings. The SMILES string of the molecule is CCCc1cc(=O)[nH]c(-c2coc3ccccc23)n1. The molecule has 2 heterocycles. The molecule has 0 aliphatic carbocycles. The zero-order valence-corrected chi connectivity index (χ0v) is 10.6. The second kappa shape index (κ2) is 4.72. The van der Waals surface area contributed by atoms with Crippen LogP contribution in [0.1, 0.15) is 19.0 Å². The summed E-state index contributed by atoms with van der Waals surface area (Å²) in [4.78, 5) is 19.0. The van der Waals surface area contributed by atoms with Crippen LogP contribution in [-0.4, -0.2) is 9.97 Å². The summed E-state index contributed by atoms with van der Waals surface area (Å²) in [6.45, 7) is 2.07. The number of hydrogen-bond donors (Lipinski definition) is 1. The minimum atomic E-state index is -0.126. The summed E-state index contributed by atoms with van der Waals surface area (Å²) in [6.07, 6.45) is 3.40. The zero-order valence-electron chi connectivity index (χ0n) is 10.6. The average molecular weight is 254 g/mol. The highest BCUT2D eigenvalue weighted by Crippen LogP contribution is 2.27. The predicted octanol–water partition coefficient (Wildman–Crippen LogP) is 3.14. The van der Waals surface area contributed by atoms with E-state index in [1.54, 1.807) is 12.3 Å². The van der Waals surface area contributed by atoms with E-state index in [0.717, 1.165) is 35.1 Å². The fraction of sp³-hybridized carbons (Fsp3) is 0.200. The molecule has 96 valence electrons. The average Bonchev–Trinajstić information content (AvgIpc) is 2.82. The van der Waals surface area contributed by atoms with E-state index in [1.807, 2.05) is 24.3 Å². The molecule has 0 aliphatic heterocycles. The first-order valence-corrected chi connectivity index (χ1v) is 6.35. The molecule has 1 aromatic carbocycles. The van der Waals surface area contributed by atoms with Crippen LogP contribution in [-0.2, 0) is 6.42 Å². The molecule has 0 aliphatic rings. The summed E-state index contributed by atoms with van der Waals surface area (Å²) in [6, 6.07) is 9.26. The van der Waals surface area contributed by atoms with Crippen molar-refractivity contribution in [2.75, 3.05) is 0 Å². The van der Waals surface area contributed by atoms with Gasteiger partial charge in [0.1, 0.15) is 17.7 Å². The molecule has 0 saturated heterocycles. The van der Waals surface area contributed by atoms with Crippen molar-refractivity contribution in [3.8, 4) is 11.4 Å². The van der Waals surface area contributed by atoms with Gasteiger partial charge in [-0.1, -0.05) is 31.5 Å². The Bertz CT molecular complexity index is 771. The highest BCUT2D eigenvalue weighted by atomic mass is 16.3. The van der Waals surface area contributed by atoms with Gasteiger partial charge in [-0.2, -0.15) is 0 Å². The van der Waals surface area contributed by atoms with Crippen molar-refractivity contribution in [3.63, 3.8) is 0 Å². The van der Waals surface area contributed by atoms with Crippen LogP contribution >= 0.6 is 0 Å². The van der Waals surface area contributed by atoms with E-state index < -0.39 is 0 Å². The lowest BCUT2D eigenvalue weighted by Gasteiger charge is -2.01. The van der Waals surface area contributed by atoms with Crippen LogP contribution in [0.3, 0.4) is 0 Å². The maximum atomic E-state index is 11.7. The number of aromatic amines is 1. The molecule has 0 radical (unpaired) electrons. The minimum absolute atomic E-state index is 0.126. The van der Waals surface area contributed by atoms with Gasteiger partial charge in [0, 0.05) is 17.1 Å². The van der Waals surface area contributed by atoms with Crippen molar-refractivity contribution >= 4 is 11.0 Å². The third-order valence-electron chi connectivity index (χ3n) is 3.04. The lowest BCUT2D eigenvalue weighted by molar-refractivity contribution is 0.616. The van der Waals surface area contributed by atoms with Crippen LogP contribution < -0.4 is 5.56 Å². The molecule has 0 atom stereocenters. The maximum absolute atomic E-state index is 11.7. The second-order valence-electron chi connectivity index (χ2n) is 4.48. The Morgan fingerprint density at radius 1 is 1.32 bits per heavy atom. The van der Waals surface area contributed by atoms with Gasteiger partial charge in [-0.05, 0) is 12.5 Å². The summed E-state index contributed by atoms with van der Waals surface area (Å²) in [5.74, 6) is 0.570. The number of aryl methyl sites for hydroxylation is 1. The standard InChI is InChI=1S/C15H14N2O2/c1-2-5-10-8-14(18)17-15(16-10)12-9-19-13-7-4-3-6-11(12)13/h3-4,6-9H,2,5H2,1H3,(H,16,17,18). The van der Waals surface area contributed by atoms with Crippen LogP contribution in [0.2, 0.25) is 0 Å². The van der Waals surface area contributed by atoms with Gasteiger partial charge in [-0.15, -0.1) is 0 Å². The van der Waals surface area contributed by atoms with E-state index in [-0.39, 0.29) is 5.56 Å². The molecule has 3 aromatic rings. The van der Waals surface area contributed by atoms with Crippen molar-refractivity contribution in [1.82, 2.24) is 9.97 Å². The highest BCUT2D eigenvalue weighted by molar-refractivity contribution is 5.91. The van der Waals surface area contributed by atoms with E-state index in [2.05, 4.69) is 16.9 Å². The van der Waals surface area contributed by atoms with Crippen molar-refractivity contribution < 1.29 is 4.42 Å². The van der Waals surface area contributed by atoms with Crippen LogP contribution in [0, 0.1) is 0 Å².